The van der Waals surface area contributed by atoms with Crippen molar-refractivity contribution in [3.63, 3.8) is 0 Å². The topological polar surface area (TPSA) is 55.4 Å². The van der Waals surface area contributed by atoms with Gasteiger partial charge in [0.2, 0.25) is 5.91 Å². The van der Waals surface area contributed by atoms with Crippen molar-refractivity contribution in [1.29, 1.82) is 0 Å². The molecule has 0 radical (unpaired) electrons. The molecular weight excluding hydrogens is 302 g/mol. The Balaban J connectivity index is 2.16. The van der Waals surface area contributed by atoms with Crippen molar-refractivity contribution in [2.24, 2.45) is 5.41 Å². The summed E-state index contributed by atoms with van der Waals surface area (Å²) in [5, 5.41) is 3.51. The van der Waals surface area contributed by atoms with Gasteiger partial charge < -0.3 is 10.1 Å². The Kier molecular flexibility index (Phi) is 5.46. The van der Waals surface area contributed by atoms with Crippen molar-refractivity contribution >= 4 is 23.5 Å². The van der Waals surface area contributed by atoms with Crippen LogP contribution >= 0.6 is 11.6 Å². The van der Waals surface area contributed by atoms with Crippen LogP contribution in [0.15, 0.2) is 24.3 Å². The van der Waals surface area contributed by atoms with Gasteiger partial charge in [0.1, 0.15) is 0 Å². The van der Waals surface area contributed by atoms with Crippen LogP contribution in [-0.4, -0.2) is 25.0 Å². The number of halogens is 1. The Morgan fingerprint density at radius 2 is 2.00 bits per heavy atom. The second kappa shape index (κ2) is 7.14. The van der Waals surface area contributed by atoms with Crippen molar-refractivity contribution in [3.8, 4) is 0 Å². The van der Waals surface area contributed by atoms with E-state index in [0.717, 1.165) is 18.4 Å². The third-order valence-corrected chi connectivity index (χ3v) is 4.35. The van der Waals surface area contributed by atoms with Gasteiger partial charge in [0.25, 0.3) is 0 Å². The Morgan fingerprint density at radius 3 is 2.59 bits per heavy atom. The third kappa shape index (κ3) is 3.27. The van der Waals surface area contributed by atoms with Gasteiger partial charge in [-0.25, -0.2) is 0 Å². The minimum absolute atomic E-state index is 0.134. The van der Waals surface area contributed by atoms with E-state index in [9.17, 15) is 9.59 Å². The molecule has 1 aliphatic rings. The van der Waals surface area contributed by atoms with E-state index in [2.05, 4.69) is 12.2 Å². The Morgan fingerprint density at radius 1 is 1.32 bits per heavy atom. The van der Waals surface area contributed by atoms with Gasteiger partial charge in [0.05, 0.1) is 6.61 Å². The van der Waals surface area contributed by atoms with Crippen molar-refractivity contribution in [3.05, 3.63) is 34.9 Å². The number of carbonyl (C=O) groups is 2. The molecule has 0 heterocycles. The first-order chi connectivity index (χ1) is 10.6. The molecule has 1 saturated carbocycles. The van der Waals surface area contributed by atoms with Gasteiger partial charge >= 0.3 is 5.97 Å². The lowest BCUT2D eigenvalue weighted by atomic mass is 9.98. The van der Waals surface area contributed by atoms with Gasteiger partial charge in [0, 0.05) is 17.5 Å². The fourth-order valence-electron chi connectivity index (χ4n) is 2.73. The number of rotatable bonds is 7. The van der Waals surface area contributed by atoms with Crippen molar-refractivity contribution in [2.75, 3.05) is 13.2 Å². The van der Waals surface area contributed by atoms with E-state index in [-0.39, 0.29) is 18.4 Å². The standard InChI is InChI=1S/C17H22ClNO3/c1-3-5-10-19-15(20)17(16(21)22-4-2)11-14(17)12-6-8-13(18)9-7-12/h6-9,14H,3-5,10-11H2,1-2H3,(H,19,20). The van der Waals surface area contributed by atoms with E-state index in [1.165, 1.54) is 0 Å². The summed E-state index contributed by atoms with van der Waals surface area (Å²) in [6.45, 7) is 4.67. The zero-order valence-corrected chi connectivity index (χ0v) is 13.8. The highest BCUT2D eigenvalue weighted by atomic mass is 35.5. The fraction of sp³-hybridized carbons (Fsp3) is 0.529. The highest BCUT2D eigenvalue weighted by Crippen LogP contribution is 2.60. The molecular formula is C17H22ClNO3. The highest BCUT2D eigenvalue weighted by Gasteiger charge is 2.67. The lowest BCUT2D eigenvalue weighted by Crippen LogP contribution is -2.39. The predicted molar refractivity (Wildman–Crippen MR) is 85.8 cm³/mol. The van der Waals surface area contributed by atoms with E-state index in [4.69, 9.17) is 16.3 Å². The number of hydrogen-bond acceptors (Lipinski definition) is 3. The van der Waals surface area contributed by atoms with Crippen molar-refractivity contribution < 1.29 is 14.3 Å². The van der Waals surface area contributed by atoms with Crippen LogP contribution in [0.25, 0.3) is 0 Å². The molecule has 0 spiro atoms. The molecule has 0 aliphatic heterocycles. The van der Waals surface area contributed by atoms with Gasteiger partial charge in [-0.1, -0.05) is 37.1 Å². The number of nitrogens with one attached hydrogen (secondary N) is 1. The zero-order valence-electron chi connectivity index (χ0n) is 13.0. The Labute approximate surface area is 136 Å². The summed E-state index contributed by atoms with van der Waals surface area (Å²) in [6, 6.07) is 7.29. The molecule has 2 atom stereocenters. The number of hydrogen-bond donors (Lipinski definition) is 1. The average Bonchev–Trinajstić information content (AvgIpc) is 3.25. The molecule has 1 aliphatic carbocycles. The molecule has 0 bridgehead atoms. The zero-order chi connectivity index (χ0) is 16.2. The second-order valence-corrected chi connectivity index (χ2v) is 6.05. The summed E-state index contributed by atoms with van der Waals surface area (Å²) < 4.78 is 5.15. The van der Waals surface area contributed by atoms with Crippen LogP contribution < -0.4 is 5.32 Å². The molecule has 1 N–H and O–H groups in total. The Hall–Kier alpha value is -1.55. The van der Waals surface area contributed by atoms with Gasteiger partial charge in [-0.15, -0.1) is 0 Å². The molecule has 1 aromatic rings. The maximum absolute atomic E-state index is 12.5. The average molecular weight is 324 g/mol. The monoisotopic (exact) mass is 323 g/mol. The molecule has 120 valence electrons. The molecule has 1 fully saturated rings. The number of benzene rings is 1. The third-order valence-electron chi connectivity index (χ3n) is 4.09. The normalized spacial score (nSPS) is 23.0. The number of ether oxygens (including phenoxy) is 1. The molecule has 2 rings (SSSR count). The largest absolute Gasteiger partial charge is 0.465 e. The summed E-state index contributed by atoms with van der Waals surface area (Å²) >= 11 is 5.90. The highest BCUT2D eigenvalue weighted by molar-refractivity contribution is 6.30. The van der Waals surface area contributed by atoms with Crippen LogP contribution in [0.5, 0.6) is 0 Å². The first kappa shape index (κ1) is 16.8. The van der Waals surface area contributed by atoms with Crippen molar-refractivity contribution in [1.82, 2.24) is 5.32 Å². The fourth-order valence-corrected chi connectivity index (χ4v) is 2.85. The molecule has 5 heteroatoms. The quantitative estimate of drug-likeness (QED) is 0.476. The molecule has 1 amide bonds. The summed E-state index contributed by atoms with van der Waals surface area (Å²) in [6.07, 6.45) is 2.38. The van der Waals surface area contributed by atoms with Crippen LogP contribution in [0.3, 0.4) is 0 Å². The lowest BCUT2D eigenvalue weighted by molar-refractivity contribution is -0.154. The molecule has 1 aromatic carbocycles. The van der Waals surface area contributed by atoms with E-state index >= 15 is 0 Å². The van der Waals surface area contributed by atoms with Crippen LogP contribution in [-0.2, 0) is 14.3 Å². The maximum Gasteiger partial charge on any atom is 0.322 e. The van der Waals surface area contributed by atoms with Gasteiger partial charge in [-0.2, -0.15) is 0 Å². The van der Waals surface area contributed by atoms with Crippen LogP contribution in [0.4, 0.5) is 0 Å². The molecule has 22 heavy (non-hydrogen) atoms. The summed E-state index contributed by atoms with van der Waals surface area (Å²) in [5.41, 5.74) is -0.125. The smallest absolute Gasteiger partial charge is 0.322 e. The first-order valence-electron chi connectivity index (χ1n) is 7.77. The molecule has 4 nitrogen and oxygen atoms in total. The van der Waals surface area contributed by atoms with Crippen LogP contribution in [0.2, 0.25) is 5.02 Å². The number of unbranched alkanes of at least 4 members (excludes halogenated alkanes) is 1. The van der Waals surface area contributed by atoms with E-state index in [1.54, 1.807) is 19.1 Å². The minimum atomic E-state index is -1.07. The summed E-state index contributed by atoms with van der Waals surface area (Å²) in [5.74, 6) is -0.784. The maximum atomic E-state index is 12.5. The molecule has 0 aromatic heterocycles. The number of carbonyl (C=O) groups excluding carboxylic acids is 2. The van der Waals surface area contributed by atoms with Crippen LogP contribution in [0.1, 0.15) is 44.6 Å². The minimum Gasteiger partial charge on any atom is -0.465 e. The van der Waals surface area contributed by atoms with Crippen molar-refractivity contribution in [2.45, 2.75) is 39.0 Å². The lowest BCUT2D eigenvalue weighted by Gasteiger charge is -2.16. The summed E-state index contributed by atoms with van der Waals surface area (Å²) in [7, 11) is 0. The number of esters is 1. The second-order valence-electron chi connectivity index (χ2n) is 5.61. The van der Waals surface area contributed by atoms with Gasteiger partial charge in [-0.05, 0) is 37.5 Å². The Bertz CT molecular complexity index is 543. The van der Waals surface area contributed by atoms with Gasteiger partial charge in [0.15, 0.2) is 5.41 Å². The van der Waals surface area contributed by atoms with E-state index in [1.807, 2.05) is 12.1 Å². The predicted octanol–water partition coefficient (Wildman–Crippen LogP) is 3.29. The SMILES string of the molecule is CCCCNC(=O)C1(C(=O)OCC)CC1c1ccc(Cl)cc1. The van der Waals surface area contributed by atoms with Gasteiger partial charge in [-0.3, -0.25) is 9.59 Å². The van der Waals surface area contributed by atoms with E-state index in [0.29, 0.717) is 18.0 Å². The summed E-state index contributed by atoms with van der Waals surface area (Å²) in [4.78, 5) is 24.9. The molecule has 0 saturated heterocycles. The number of amides is 1. The molecule has 2 unspecified atom stereocenters. The first-order valence-corrected chi connectivity index (χ1v) is 8.15. The van der Waals surface area contributed by atoms with Crippen LogP contribution in [0, 0.1) is 5.41 Å². The van der Waals surface area contributed by atoms with E-state index < -0.39 is 11.4 Å².